The fourth-order valence-electron chi connectivity index (χ4n) is 5.40. The lowest BCUT2D eigenvalue weighted by Crippen LogP contribution is -2.29. The second kappa shape index (κ2) is 42.5. The Morgan fingerprint density at radius 3 is 1.58 bits per heavy atom. The van der Waals surface area contributed by atoms with Crippen LogP contribution in [0.15, 0.2) is 97.2 Å². The number of nitrogens with two attached hydrogens (primary N) is 1. The molecule has 0 fully saturated rings. The van der Waals surface area contributed by atoms with Crippen LogP contribution in [0, 0.1) is 0 Å². The first-order valence-corrected chi connectivity index (χ1v) is 23.3. The van der Waals surface area contributed by atoms with Crippen LogP contribution >= 0.6 is 7.82 Å². The maximum absolute atomic E-state index is 12.5. The largest absolute Gasteiger partial charge is 0.472 e. The van der Waals surface area contributed by atoms with Gasteiger partial charge in [0.1, 0.15) is 6.61 Å². The highest BCUT2D eigenvalue weighted by molar-refractivity contribution is 7.47. The molecule has 0 spiro atoms. The van der Waals surface area contributed by atoms with E-state index in [0.717, 1.165) is 83.5 Å². The summed E-state index contributed by atoms with van der Waals surface area (Å²) in [7, 11) is -4.39. The minimum Gasteiger partial charge on any atom is -0.462 e. The molecule has 0 aromatic rings. The van der Waals surface area contributed by atoms with Crippen molar-refractivity contribution in [1.29, 1.82) is 0 Å². The molecule has 3 N–H and O–H groups in total. The van der Waals surface area contributed by atoms with Gasteiger partial charge in [-0.1, -0.05) is 169 Å². The fourth-order valence-corrected chi connectivity index (χ4v) is 6.16. The van der Waals surface area contributed by atoms with Crippen LogP contribution in [0.2, 0.25) is 0 Å². The lowest BCUT2D eigenvalue weighted by molar-refractivity contribution is -0.161. The topological polar surface area (TPSA) is 134 Å². The zero-order chi connectivity index (χ0) is 41.8. The van der Waals surface area contributed by atoms with Gasteiger partial charge in [-0.25, -0.2) is 4.57 Å². The molecule has 0 amide bonds. The van der Waals surface area contributed by atoms with Crippen LogP contribution in [-0.4, -0.2) is 49.3 Å². The van der Waals surface area contributed by atoms with Gasteiger partial charge in [0.2, 0.25) is 0 Å². The molecule has 324 valence electrons. The molecule has 0 aromatic heterocycles. The highest BCUT2D eigenvalue weighted by Crippen LogP contribution is 2.43. The summed E-state index contributed by atoms with van der Waals surface area (Å²) >= 11 is 0. The normalized spacial score (nSPS) is 14.2. The average molecular weight is 816 g/mol. The molecule has 0 rings (SSSR count). The van der Waals surface area contributed by atoms with Crippen molar-refractivity contribution in [1.82, 2.24) is 0 Å². The molecule has 0 aliphatic carbocycles. The van der Waals surface area contributed by atoms with Crippen LogP contribution in [-0.2, 0) is 32.7 Å². The highest BCUT2D eigenvalue weighted by atomic mass is 31.2. The van der Waals surface area contributed by atoms with Crippen LogP contribution in [0.4, 0.5) is 0 Å². The Morgan fingerprint density at radius 2 is 1.00 bits per heavy atom. The number of allylic oxidation sites excluding steroid dienone is 16. The fraction of sp³-hybridized carbons (Fsp3) is 0.617. The van der Waals surface area contributed by atoms with Gasteiger partial charge >= 0.3 is 19.8 Å². The quantitative estimate of drug-likeness (QED) is 0.0204. The number of hydrogen-bond donors (Lipinski definition) is 2. The van der Waals surface area contributed by atoms with Gasteiger partial charge in [0.25, 0.3) is 0 Å². The van der Waals surface area contributed by atoms with E-state index in [1.807, 2.05) is 36.5 Å². The second-order valence-corrected chi connectivity index (χ2v) is 15.3. The predicted octanol–water partition coefficient (Wildman–Crippen LogP) is 12.6. The Kier molecular flexibility index (Phi) is 40.2. The number of ether oxygens (including phenoxy) is 2. The van der Waals surface area contributed by atoms with E-state index in [-0.39, 0.29) is 32.6 Å². The zero-order valence-electron chi connectivity index (χ0n) is 35.5. The molecule has 0 saturated carbocycles. The first-order valence-electron chi connectivity index (χ1n) is 21.8. The number of phosphoric ester groups is 1. The smallest absolute Gasteiger partial charge is 0.462 e. The van der Waals surface area contributed by atoms with Gasteiger partial charge in [-0.3, -0.25) is 18.6 Å². The van der Waals surface area contributed by atoms with Crippen molar-refractivity contribution in [2.24, 2.45) is 5.73 Å². The molecule has 0 aromatic carbocycles. The van der Waals surface area contributed by atoms with Crippen molar-refractivity contribution >= 4 is 19.8 Å². The number of carbonyl (C=O) groups excluding carboxylic acids is 2. The molecule has 0 saturated heterocycles. The van der Waals surface area contributed by atoms with E-state index in [1.54, 1.807) is 0 Å². The van der Waals surface area contributed by atoms with Crippen molar-refractivity contribution in [2.45, 2.75) is 161 Å². The van der Waals surface area contributed by atoms with E-state index >= 15 is 0 Å². The summed E-state index contributed by atoms with van der Waals surface area (Å²) in [5.41, 5.74) is 5.34. The van der Waals surface area contributed by atoms with E-state index in [1.165, 1.54) is 38.5 Å². The molecule has 10 heteroatoms. The molecule has 2 atom stereocenters. The first-order chi connectivity index (χ1) is 27.8. The van der Waals surface area contributed by atoms with Crippen molar-refractivity contribution in [3.05, 3.63) is 97.2 Å². The van der Waals surface area contributed by atoms with E-state index in [0.29, 0.717) is 6.42 Å². The molecule has 9 nitrogen and oxygen atoms in total. The minimum atomic E-state index is -4.39. The molecule has 0 aliphatic heterocycles. The number of esters is 2. The lowest BCUT2D eigenvalue weighted by atomic mass is 10.1. The van der Waals surface area contributed by atoms with Gasteiger partial charge in [0.15, 0.2) is 6.10 Å². The maximum atomic E-state index is 12.5. The van der Waals surface area contributed by atoms with Gasteiger partial charge in [-0.2, -0.15) is 0 Å². The summed E-state index contributed by atoms with van der Waals surface area (Å²) in [6.45, 7) is 3.40. The number of rotatable bonds is 39. The molecule has 0 heterocycles. The molecule has 57 heavy (non-hydrogen) atoms. The Hall–Kier alpha value is -3.07. The van der Waals surface area contributed by atoms with Gasteiger partial charge < -0.3 is 20.1 Å². The van der Waals surface area contributed by atoms with Crippen molar-refractivity contribution < 1.29 is 37.6 Å². The SMILES string of the molecule is CC/C=C/C=C/C=C/C=C/CCCCCC(=O)OC(COC(=O)CCCCCCCCCCCC/C=C/C/C=C/C/C=C/C/C=C/CC)COP(=O)(O)OCCN. The summed E-state index contributed by atoms with van der Waals surface area (Å²) in [5, 5.41) is 0. The number of carbonyl (C=O) groups is 2. The Morgan fingerprint density at radius 1 is 0.544 bits per heavy atom. The highest BCUT2D eigenvalue weighted by Gasteiger charge is 2.26. The van der Waals surface area contributed by atoms with E-state index in [2.05, 4.69) is 74.6 Å². The summed E-state index contributed by atoms with van der Waals surface area (Å²) in [5.74, 6) is -0.889. The van der Waals surface area contributed by atoms with Crippen molar-refractivity contribution in [3.63, 3.8) is 0 Å². The molecular weight excluding hydrogens is 737 g/mol. The Bertz CT molecular complexity index is 1250. The minimum absolute atomic E-state index is 0.0406. The summed E-state index contributed by atoms with van der Waals surface area (Å²) in [6, 6.07) is 0. The van der Waals surface area contributed by atoms with Crippen LogP contribution in [0.3, 0.4) is 0 Å². The van der Waals surface area contributed by atoms with Crippen molar-refractivity contribution in [2.75, 3.05) is 26.4 Å². The summed E-state index contributed by atoms with van der Waals surface area (Å²) in [6.07, 6.45) is 54.5. The van der Waals surface area contributed by atoms with Gasteiger partial charge in [-0.05, 0) is 70.6 Å². The monoisotopic (exact) mass is 816 g/mol. The third-order valence-electron chi connectivity index (χ3n) is 8.56. The number of hydrogen-bond acceptors (Lipinski definition) is 8. The van der Waals surface area contributed by atoms with Crippen LogP contribution in [0.5, 0.6) is 0 Å². The molecule has 0 aliphatic rings. The van der Waals surface area contributed by atoms with Gasteiger partial charge in [0.05, 0.1) is 13.2 Å². The van der Waals surface area contributed by atoms with Gasteiger partial charge in [0, 0.05) is 19.4 Å². The summed E-state index contributed by atoms with van der Waals surface area (Å²) in [4.78, 5) is 34.8. The molecule has 0 bridgehead atoms. The number of phosphoric acid groups is 1. The van der Waals surface area contributed by atoms with Crippen molar-refractivity contribution in [3.8, 4) is 0 Å². The lowest BCUT2D eigenvalue weighted by Gasteiger charge is -2.19. The average Bonchev–Trinajstić information content (AvgIpc) is 3.20. The van der Waals surface area contributed by atoms with Crippen LogP contribution in [0.1, 0.15) is 155 Å². The van der Waals surface area contributed by atoms with E-state index in [9.17, 15) is 19.0 Å². The summed E-state index contributed by atoms with van der Waals surface area (Å²) < 4.78 is 32.7. The standard InChI is InChI=1S/C47H78NO8P/c1-3-5-7-9-11-13-15-17-18-19-20-21-22-23-24-25-26-28-29-31-33-35-37-39-46(49)53-43-45(44-55-57(51,52)54-42-41-48)56-47(50)40-38-36-34-32-30-27-16-14-12-10-8-6-4-2/h5-8,10-14,16-18,20-21,27,30,45H,3-4,9,15,19,22-26,28-29,31-44,48H2,1-2H3,(H,51,52)/b7-5+,8-6+,12-10+,13-11+,16-14+,18-17+,21-20+,30-27+. The van der Waals surface area contributed by atoms with Gasteiger partial charge in [-0.15, -0.1) is 0 Å². The second-order valence-electron chi connectivity index (χ2n) is 13.9. The third-order valence-corrected chi connectivity index (χ3v) is 9.54. The Labute approximate surface area is 346 Å². The predicted molar refractivity (Wildman–Crippen MR) is 238 cm³/mol. The molecular formula is C47H78NO8P. The first kappa shape index (κ1) is 53.9. The maximum Gasteiger partial charge on any atom is 0.472 e. The van der Waals surface area contributed by atoms with Crippen LogP contribution < -0.4 is 5.73 Å². The molecule has 0 radical (unpaired) electrons. The Balaban J connectivity index is 4.15. The van der Waals surface area contributed by atoms with Crippen LogP contribution in [0.25, 0.3) is 0 Å². The third kappa shape index (κ3) is 42.4. The zero-order valence-corrected chi connectivity index (χ0v) is 36.4. The molecule has 2 unspecified atom stereocenters. The van der Waals surface area contributed by atoms with E-state index in [4.69, 9.17) is 24.3 Å². The number of unbranched alkanes of at least 4 members (excludes halogenated alkanes) is 13. The van der Waals surface area contributed by atoms with E-state index < -0.39 is 32.5 Å².